The number of amides is 1. The zero-order valence-electron chi connectivity index (χ0n) is 12.7. The number of hydrogen-bond acceptors (Lipinski definition) is 6. The third-order valence-corrected chi connectivity index (χ3v) is 3.80. The molecule has 1 saturated heterocycles. The topological polar surface area (TPSA) is 113 Å². The normalized spacial score (nSPS) is 15.8. The molecule has 2 aromatic heterocycles. The lowest BCUT2D eigenvalue weighted by Gasteiger charge is -2.34. The molecule has 23 heavy (non-hydrogen) atoms. The van der Waals surface area contributed by atoms with Crippen molar-refractivity contribution >= 4 is 11.7 Å². The van der Waals surface area contributed by atoms with Crippen molar-refractivity contribution in [3.8, 4) is 0 Å². The summed E-state index contributed by atoms with van der Waals surface area (Å²) < 4.78 is 1.76. The summed E-state index contributed by atoms with van der Waals surface area (Å²) in [4.78, 5) is 26.2. The molecule has 3 rings (SSSR count). The van der Waals surface area contributed by atoms with Gasteiger partial charge in [-0.15, -0.1) is 5.10 Å². The number of H-pyrrole nitrogens is 1. The van der Waals surface area contributed by atoms with Crippen molar-refractivity contribution in [1.82, 2.24) is 29.8 Å². The maximum atomic E-state index is 12.3. The van der Waals surface area contributed by atoms with Crippen molar-refractivity contribution < 1.29 is 9.72 Å². The standard InChI is InChI=1S/C13H17N7O3/c1-17-8-10(7-14-17)9-18-2-4-19(5-3-18)13(21)11-6-12(16-15-11)20(22)23/h6-8H,2-5,9H2,1H3,(H,15,16). The van der Waals surface area contributed by atoms with Crippen LogP contribution in [0.15, 0.2) is 18.5 Å². The van der Waals surface area contributed by atoms with E-state index in [-0.39, 0.29) is 17.4 Å². The van der Waals surface area contributed by atoms with Gasteiger partial charge in [0.2, 0.25) is 0 Å². The minimum atomic E-state index is -0.602. The van der Waals surface area contributed by atoms with Crippen molar-refractivity contribution in [2.45, 2.75) is 6.54 Å². The number of nitrogens with one attached hydrogen (secondary N) is 1. The van der Waals surface area contributed by atoms with Crippen molar-refractivity contribution in [2.24, 2.45) is 7.05 Å². The Labute approximate surface area is 131 Å². The van der Waals surface area contributed by atoms with Crippen LogP contribution in [0, 0.1) is 10.1 Å². The number of aromatic nitrogens is 4. The smallest absolute Gasteiger partial charge is 0.343 e. The number of carbonyl (C=O) groups is 1. The van der Waals surface area contributed by atoms with E-state index in [1.807, 2.05) is 19.4 Å². The van der Waals surface area contributed by atoms with Gasteiger partial charge in [0.15, 0.2) is 5.69 Å². The van der Waals surface area contributed by atoms with E-state index in [4.69, 9.17) is 0 Å². The van der Waals surface area contributed by atoms with Gasteiger partial charge >= 0.3 is 5.82 Å². The van der Waals surface area contributed by atoms with E-state index in [9.17, 15) is 14.9 Å². The second-order valence-corrected chi connectivity index (χ2v) is 5.49. The highest BCUT2D eigenvalue weighted by molar-refractivity contribution is 5.92. The molecule has 1 aliphatic rings. The van der Waals surface area contributed by atoms with Crippen molar-refractivity contribution in [2.75, 3.05) is 26.2 Å². The molecule has 3 heterocycles. The van der Waals surface area contributed by atoms with Gasteiger partial charge in [-0.1, -0.05) is 5.10 Å². The SMILES string of the molecule is Cn1cc(CN2CCN(C(=O)c3cc([N+](=O)[O-])[nH]n3)CC2)cn1. The summed E-state index contributed by atoms with van der Waals surface area (Å²) in [7, 11) is 1.88. The van der Waals surface area contributed by atoms with Gasteiger partial charge in [-0.2, -0.15) is 5.10 Å². The van der Waals surface area contributed by atoms with Gasteiger partial charge in [0.25, 0.3) is 5.91 Å². The van der Waals surface area contributed by atoms with Gasteiger partial charge in [-0.25, -0.2) is 0 Å². The summed E-state index contributed by atoms with van der Waals surface area (Å²) >= 11 is 0. The fraction of sp³-hybridized carbons (Fsp3) is 0.462. The summed E-state index contributed by atoms with van der Waals surface area (Å²) in [5.74, 6) is -0.557. The Morgan fingerprint density at radius 2 is 2.13 bits per heavy atom. The van der Waals surface area contributed by atoms with E-state index in [0.29, 0.717) is 13.1 Å². The Kier molecular flexibility index (Phi) is 4.06. The molecule has 0 radical (unpaired) electrons. The maximum absolute atomic E-state index is 12.3. The van der Waals surface area contributed by atoms with E-state index in [0.717, 1.165) is 25.2 Å². The average Bonchev–Trinajstić information content (AvgIpc) is 3.17. The van der Waals surface area contributed by atoms with E-state index < -0.39 is 4.92 Å². The fourth-order valence-corrected chi connectivity index (χ4v) is 2.60. The molecule has 1 aliphatic heterocycles. The number of aryl methyl sites for hydroxylation is 1. The van der Waals surface area contributed by atoms with Crippen LogP contribution in [0.25, 0.3) is 0 Å². The van der Waals surface area contributed by atoms with Gasteiger partial charge in [0.05, 0.1) is 12.3 Å². The van der Waals surface area contributed by atoms with Crippen LogP contribution < -0.4 is 0 Å². The first-order valence-corrected chi connectivity index (χ1v) is 7.22. The zero-order valence-corrected chi connectivity index (χ0v) is 12.7. The first-order valence-electron chi connectivity index (χ1n) is 7.22. The molecule has 0 spiro atoms. The molecule has 10 heteroatoms. The van der Waals surface area contributed by atoms with Crippen LogP contribution in [-0.2, 0) is 13.6 Å². The summed E-state index contributed by atoms with van der Waals surface area (Å²) in [6, 6.07) is 1.17. The van der Waals surface area contributed by atoms with Crippen molar-refractivity contribution in [3.05, 3.63) is 39.8 Å². The predicted molar refractivity (Wildman–Crippen MR) is 79.6 cm³/mol. The van der Waals surface area contributed by atoms with Gasteiger partial charge in [-0.05, 0) is 4.92 Å². The van der Waals surface area contributed by atoms with Crippen molar-refractivity contribution in [1.29, 1.82) is 0 Å². The van der Waals surface area contributed by atoms with Crippen LogP contribution in [-0.4, -0.2) is 66.8 Å². The van der Waals surface area contributed by atoms with Crippen LogP contribution in [0.4, 0.5) is 5.82 Å². The lowest BCUT2D eigenvalue weighted by Crippen LogP contribution is -2.48. The monoisotopic (exact) mass is 319 g/mol. The summed E-state index contributed by atoms with van der Waals surface area (Å²) in [6.07, 6.45) is 3.81. The van der Waals surface area contributed by atoms with Crippen LogP contribution in [0.3, 0.4) is 0 Å². The lowest BCUT2D eigenvalue weighted by molar-refractivity contribution is -0.389. The third kappa shape index (κ3) is 3.37. The highest BCUT2D eigenvalue weighted by Gasteiger charge is 2.25. The molecule has 1 amide bonds. The Morgan fingerprint density at radius 1 is 1.39 bits per heavy atom. The predicted octanol–water partition coefficient (Wildman–Crippen LogP) is 0.00940. The van der Waals surface area contributed by atoms with Crippen LogP contribution >= 0.6 is 0 Å². The van der Waals surface area contributed by atoms with E-state index in [1.165, 1.54) is 6.07 Å². The minimum absolute atomic E-state index is 0.0809. The molecule has 2 aromatic rings. The highest BCUT2D eigenvalue weighted by atomic mass is 16.6. The number of rotatable bonds is 4. The summed E-state index contributed by atoms with van der Waals surface area (Å²) in [5, 5.41) is 20.7. The number of nitro groups is 1. The average molecular weight is 319 g/mol. The molecule has 0 atom stereocenters. The van der Waals surface area contributed by atoms with Gasteiger partial charge in [0, 0.05) is 51.5 Å². The Morgan fingerprint density at radius 3 is 2.70 bits per heavy atom. The van der Waals surface area contributed by atoms with Crippen molar-refractivity contribution in [3.63, 3.8) is 0 Å². The molecular formula is C13H17N7O3. The van der Waals surface area contributed by atoms with Crippen LogP contribution in [0.5, 0.6) is 0 Å². The maximum Gasteiger partial charge on any atom is 0.343 e. The molecule has 10 nitrogen and oxygen atoms in total. The molecule has 122 valence electrons. The zero-order chi connectivity index (χ0) is 16.4. The molecule has 0 bridgehead atoms. The Bertz CT molecular complexity index is 715. The first kappa shape index (κ1) is 15.2. The molecular weight excluding hydrogens is 302 g/mol. The van der Waals surface area contributed by atoms with E-state index >= 15 is 0 Å². The van der Waals surface area contributed by atoms with Gasteiger partial charge in [-0.3, -0.25) is 14.4 Å². The van der Waals surface area contributed by atoms with Crippen LogP contribution in [0.1, 0.15) is 16.1 Å². The molecule has 1 N–H and O–H groups in total. The Hall–Kier alpha value is -2.75. The number of aromatic amines is 1. The molecule has 0 aromatic carbocycles. The second kappa shape index (κ2) is 6.16. The van der Waals surface area contributed by atoms with E-state index in [2.05, 4.69) is 20.2 Å². The number of carbonyl (C=O) groups excluding carboxylic acids is 1. The highest BCUT2D eigenvalue weighted by Crippen LogP contribution is 2.13. The third-order valence-electron chi connectivity index (χ3n) is 3.80. The molecule has 0 aliphatic carbocycles. The van der Waals surface area contributed by atoms with Crippen LogP contribution in [0.2, 0.25) is 0 Å². The number of nitrogens with zero attached hydrogens (tertiary/aromatic N) is 6. The van der Waals surface area contributed by atoms with E-state index in [1.54, 1.807) is 9.58 Å². The number of piperazine rings is 1. The van der Waals surface area contributed by atoms with Gasteiger partial charge < -0.3 is 15.0 Å². The first-order chi connectivity index (χ1) is 11.0. The molecule has 0 unspecified atom stereocenters. The van der Waals surface area contributed by atoms with Gasteiger partial charge in [0.1, 0.15) is 0 Å². The Balaban J connectivity index is 1.55. The summed E-state index contributed by atoms with van der Waals surface area (Å²) in [6.45, 7) is 3.42. The quantitative estimate of drug-likeness (QED) is 0.627. The summed E-state index contributed by atoms with van der Waals surface area (Å²) in [5.41, 5.74) is 1.22. The lowest BCUT2D eigenvalue weighted by atomic mass is 10.2. The number of hydrogen-bond donors (Lipinski definition) is 1. The largest absolute Gasteiger partial charge is 0.358 e. The molecule has 1 fully saturated rings. The second-order valence-electron chi connectivity index (χ2n) is 5.49. The fourth-order valence-electron chi connectivity index (χ4n) is 2.60. The minimum Gasteiger partial charge on any atom is -0.358 e. The molecule has 0 saturated carbocycles.